The van der Waals surface area contributed by atoms with Gasteiger partial charge in [-0.05, 0) is 75.6 Å². The van der Waals surface area contributed by atoms with Gasteiger partial charge in [-0.3, -0.25) is 14.6 Å². The average molecular weight is 693 g/mol. The number of nitrogens with zero attached hydrogens (tertiary/aromatic N) is 6. The molecule has 2 amide bonds. The summed E-state index contributed by atoms with van der Waals surface area (Å²) in [6, 6.07) is 15.1. The quantitative estimate of drug-likeness (QED) is 0.254. The van der Waals surface area contributed by atoms with Gasteiger partial charge >= 0.3 is 0 Å². The summed E-state index contributed by atoms with van der Waals surface area (Å²) >= 11 is 0. The Balaban J connectivity index is 1.26. The Kier molecular flexibility index (Phi) is 9.56. The van der Waals surface area contributed by atoms with Gasteiger partial charge in [0.1, 0.15) is 16.9 Å². The number of ether oxygens (including phenoxy) is 2. The summed E-state index contributed by atoms with van der Waals surface area (Å²) < 4.78 is 15.6. The molecule has 2 aliphatic heterocycles. The van der Waals surface area contributed by atoms with Gasteiger partial charge in [0.2, 0.25) is 5.91 Å². The lowest BCUT2D eigenvalue weighted by Gasteiger charge is -2.36. The average Bonchev–Trinajstić information content (AvgIpc) is 3.68. The van der Waals surface area contributed by atoms with Crippen molar-refractivity contribution >= 4 is 33.9 Å². The monoisotopic (exact) mass is 692 g/mol. The van der Waals surface area contributed by atoms with E-state index in [0.29, 0.717) is 42.8 Å². The number of methoxy groups -OCH3 is 2. The van der Waals surface area contributed by atoms with E-state index in [-0.39, 0.29) is 30.0 Å². The highest BCUT2D eigenvalue weighted by Crippen LogP contribution is 2.36. The van der Waals surface area contributed by atoms with Crippen molar-refractivity contribution in [1.29, 1.82) is 0 Å². The highest BCUT2D eigenvalue weighted by atomic mass is 16.5. The molecule has 7 rings (SSSR count). The topological polar surface area (TPSA) is 142 Å². The number of nitrogens with two attached hydrogens (primary N) is 1. The van der Waals surface area contributed by atoms with Crippen LogP contribution in [0.5, 0.6) is 5.75 Å². The second kappa shape index (κ2) is 14.1. The van der Waals surface area contributed by atoms with Crippen molar-refractivity contribution in [3.63, 3.8) is 0 Å². The number of nitrogens with one attached hydrogen (secondary N) is 1. The minimum Gasteiger partial charge on any atom is -0.494 e. The summed E-state index contributed by atoms with van der Waals surface area (Å²) in [6.07, 6.45) is 6.94. The van der Waals surface area contributed by atoms with Crippen molar-refractivity contribution in [2.24, 2.45) is 12.8 Å². The van der Waals surface area contributed by atoms with E-state index in [4.69, 9.17) is 25.2 Å². The van der Waals surface area contributed by atoms with Gasteiger partial charge in [0, 0.05) is 57.0 Å². The van der Waals surface area contributed by atoms with Crippen LogP contribution in [0.15, 0.2) is 54.7 Å². The standard InChI is InChI=1S/C39H48N8O4/c1-24-28-14-13-25-21-30(47(35(25)43-28)18-11-7-6-9-16-39(2,38(49)42-24)33-12-8-10-17-41-33)36-44-29-20-26(22-32(51-5)34(29)45(36)3)37(48)46-19-15-31(50-4)27(40)23-46/h8,10,12-14,17,20-22,24,27,31H,6-7,9,11,15-16,18-19,23,40H2,1-5H3,(H,42,49)/t24-,27+,31-,39-/m1/s1. The number of carbonyl (C=O) groups is 2. The number of pyridine rings is 2. The molecule has 268 valence electrons. The van der Waals surface area contributed by atoms with Gasteiger partial charge in [0.05, 0.1) is 47.3 Å². The Bertz CT molecular complexity index is 2070. The summed E-state index contributed by atoms with van der Waals surface area (Å²) in [5.74, 6) is 1.18. The lowest BCUT2D eigenvalue weighted by Crippen LogP contribution is -2.53. The van der Waals surface area contributed by atoms with Crippen LogP contribution in [-0.4, -0.2) is 80.3 Å². The molecule has 0 unspecified atom stereocenters. The minimum atomic E-state index is -0.740. The number of likely N-dealkylation sites (tertiary alicyclic amines) is 1. The van der Waals surface area contributed by atoms with Gasteiger partial charge in [0.25, 0.3) is 5.91 Å². The zero-order valence-corrected chi connectivity index (χ0v) is 30.2. The summed E-state index contributed by atoms with van der Waals surface area (Å²) in [6.45, 7) is 5.73. The van der Waals surface area contributed by atoms with Crippen LogP contribution in [0.2, 0.25) is 0 Å². The first kappa shape index (κ1) is 34.6. The van der Waals surface area contributed by atoms with Crippen molar-refractivity contribution in [3.8, 4) is 17.3 Å². The minimum absolute atomic E-state index is 0.0440. The van der Waals surface area contributed by atoms with Crippen molar-refractivity contribution in [2.45, 2.75) is 82.5 Å². The van der Waals surface area contributed by atoms with E-state index >= 15 is 0 Å². The van der Waals surface area contributed by atoms with Gasteiger partial charge in [0.15, 0.2) is 5.82 Å². The van der Waals surface area contributed by atoms with Crippen LogP contribution in [0.3, 0.4) is 0 Å². The normalized spacial score (nSPS) is 23.4. The Hall–Kier alpha value is -4.81. The fourth-order valence-corrected chi connectivity index (χ4v) is 7.81. The lowest BCUT2D eigenvalue weighted by molar-refractivity contribution is -0.127. The summed E-state index contributed by atoms with van der Waals surface area (Å²) in [7, 11) is 5.26. The molecule has 4 aromatic heterocycles. The van der Waals surface area contributed by atoms with Crippen molar-refractivity contribution in [3.05, 3.63) is 71.7 Å². The molecule has 2 bridgehead atoms. The third kappa shape index (κ3) is 6.35. The SMILES string of the molecule is COc1cc(C(=O)N2CC[C@@H](OC)[C@@H](N)C2)cc2nc(-c3cc4ccc5nc4n3CCCCCC[C@](C)(c3ccccn3)C(=O)N[C@@H]5C)n(C)c12. The molecule has 12 nitrogen and oxygen atoms in total. The first-order valence-electron chi connectivity index (χ1n) is 18.0. The fourth-order valence-electron chi connectivity index (χ4n) is 7.81. The van der Waals surface area contributed by atoms with Gasteiger partial charge in [-0.25, -0.2) is 9.97 Å². The van der Waals surface area contributed by atoms with E-state index in [1.165, 1.54) is 0 Å². The van der Waals surface area contributed by atoms with Crippen LogP contribution < -0.4 is 15.8 Å². The summed E-state index contributed by atoms with van der Waals surface area (Å²) in [5, 5.41) is 4.25. The number of benzene rings is 1. The Morgan fingerprint density at radius 3 is 2.61 bits per heavy atom. The third-order valence-electron chi connectivity index (χ3n) is 10.9. The predicted octanol–water partition coefficient (Wildman–Crippen LogP) is 5.28. The molecule has 12 heteroatoms. The Morgan fingerprint density at radius 1 is 1.04 bits per heavy atom. The first-order valence-corrected chi connectivity index (χ1v) is 18.0. The summed E-state index contributed by atoms with van der Waals surface area (Å²) in [5.41, 5.74) is 10.9. The molecule has 51 heavy (non-hydrogen) atoms. The highest BCUT2D eigenvalue weighted by molar-refractivity contribution is 6.00. The molecule has 0 spiro atoms. The first-order chi connectivity index (χ1) is 24.6. The molecule has 1 saturated heterocycles. The van der Waals surface area contributed by atoms with Crippen LogP contribution in [0, 0.1) is 0 Å². The molecule has 5 aromatic rings. The van der Waals surface area contributed by atoms with Crippen molar-refractivity contribution < 1.29 is 19.1 Å². The number of rotatable bonds is 5. The van der Waals surface area contributed by atoms with Gasteiger partial charge in [-0.15, -0.1) is 0 Å². The number of carbonyl (C=O) groups excluding carboxylic acids is 2. The molecule has 4 atom stereocenters. The zero-order valence-electron chi connectivity index (χ0n) is 30.2. The maximum atomic E-state index is 13.9. The van der Waals surface area contributed by atoms with Gasteiger partial charge in [-0.2, -0.15) is 0 Å². The van der Waals surface area contributed by atoms with Gasteiger partial charge < -0.3 is 34.6 Å². The van der Waals surface area contributed by atoms with Crippen molar-refractivity contribution in [1.82, 2.24) is 34.3 Å². The molecule has 1 fully saturated rings. The Morgan fingerprint density at radius 2 is 1.86 bits per heavy atom. The zero-order chi connectivity index (χ0) is 35.9. The largest absolute Gasteiger partial charge is 0.494 e. The number of aromatic nitrogens is 5. The number of amides is 2. The second-order valence-corrected chi connectivity index (χ2v) is 14.3. The number of aryl methyl sites for hydroxylation is 2. The molecule has 3 N–H and O–H groups in total. The maximum Gasteiger partial charge on any atom is 0.254 e. The van der Waals surface area contributed by atoms with E-state index in [1.807, 2.05) is 55.8 Å². The molecule has 2 aliphatic rings. The second-order valence-electron chi connectivity index (χ2n) is 14.3. The van der Waals surface area contributed by atoms with E-state index in [2.05, 4.69) is 27.0 Å². The molecule has 0 saturated carbocycles. The van der Waals surface area contributed by atoms with Crippen LogP contribution in [0.4, 0.5) is 0 Å². The van der Waals surface area contributed by atoms with Crippen LogP contribution >= 0.6 is 0 Å². The number of hydrogen-bond donors (Lipinski definition) is 2. The van der Waals surface area contributed by atoms with E-state index in [1.54, 1.807) is 31.4 Å². The third-order valence-corrected chi connectivity index (χ3v) is 10.9. The molecule has 1 aromatic carbocycles. The van der Waals surface area contributed by atoms with E-state index < -0.39 is 5.41 Å². The predicted molar refractivity (Wildman–Crippen MR) is 197 cm³/mol. The van der Waals surface area contributed by atoms with Gasteiger partial charge in [-0.1, -0.05) is 25.3 Å². The lowest BCUT2D eigenvalue weighted by atomic mass is 9.79. The molecule has 0 radical (unpaired) electrons. The summed E-state index contributed by atoms with van der Waals surface area (Å²) in [4.78, 5) is 44.3. The van der Waals surface area contributed by atoms with Crippen LogP contribution in [0.1, 0.15) is 80.2 Å². The number of imidazole rings is 1. The highest BCUT2D eigenvalue weighted by Gasteiger charge is 2.37. The Labute approximate surface area is 298 Å². The number of piperidine rings is 1. The number of fused-ring (bicyclic) bond motifs is 2. The van der Waals surface area contributed by atoms with Crippen LogP contribution in [-0.2, 0) is 28.5 Å². The van der Waals surface area contributed by atoms with E-state index in [9.17, 15) is 9.59 Å². The fraction of sp³-hybridized carbons (Fsp3) is 0.462. The van der Waals surface area contributed by atoms with E-state index in [0.717, 1.165) is 71.7 Å². The molecular weight excluding hydrogens is 644 g/mol. The molecule has 0 aliphatic carbocycles. The van der Waals surface area contributed by atoms with Crippen LogP contribution in [0.25, 0.3) is 33.6 Å². The molecular formula is C39H48N8O4. The maximum absolute atomic E-state index is 13.9. The number of hydrogen-bond acceptors (Lipinski definition) is 8. The smallest absolute Gasteiger partial charge is 0.254 e. The van der Waals surface area contributed by atoms with Crippen molar-refractivity contribution in [2.75, 3.05) is 27.3 Å². The molecule has 6 heterocycles.